The van der Waals surface area contributed by atoms with Gasteiger partial charge >= 0.3 is 6.09 Å². The van der Waals surface area contributed by atoms with Crippen molar-refractivity contribution in [2.24, 2.45) is 0 Å². The number of hydrogen-bond acceptors (Lipinski definition) is 7. The lowest BCUT2D eigenvalue weighted by Crippen LogP contribution is -2.35. The molecule has 8 nitrogen and oxygen atoms in total. The third kappa shape index (κ3) is 3.86. The third-order valence-electron chi connectivity index (χ3n) is 3.91. The normalized spacial score (nSPS) is 13.8. The summed E-state index contributed by atoms with van der Waals surface area (Å²) < 4.78 is 28.0. The lowest BCUT2D eigenvalue weighted by Gasteiger charge is -2.24. The first-order valence-electron chi connectivity index (χ1n) is 7.71. The summed E-state index contributed by atoms with van der Waals surface area (Å²) in [6.45, 7) is 0.895. The van der Waals surface area contributed by atoms with Crippen LogP contribution in [0.1, 0.15) is 20.9 Å². The maximum Gasteiger partial charge on any atom is 0.409 e. The third-order valence-corrected chi connectivity index (χ3v) is 6.02. The number of nitrogens with one attached hydrogen (secondary N) is 1. The fourth-order valence-electron chi connectivity index (χ4n) is 2.57. The molecule has 1 aliphatic rings. The van der Waals surface area contributed by atoms with Crippen molar-refractivity contribution in [3.63, 3.8) is 0 Å². The fourth-order valence-corrected chi connectivity index (χ4v) is 4.26. The summed E-state index contributed by atoms with van der Waals surface area (Å²) in [6, 6.07) is 5.83. The van der Waals surface area contributed by atoms with Crippen molar-refractivity contribution in [1.29, 1.82) is 0 Å². The van der Waals surface area contributed by atoms with Crippen molar-refractivity contribution < 1.29 is 22.7 Å². The maximum atomic E-state index is 12.4. The van der Waals surface area contributed by atoms with Crippen LogP contribution in [0.15, 0.2) is 29.2 Å². The molecule has 0 atom stereocenters. The Kier molecular flexibility index (Phi) is 4.97. The SMILES string of the molecule is COC(=O)N1CCc2nc(NC(=O)c3cccc(S(C)(=O)=O)c3)sc2C1. The van der Waals surface area contributed by atoms with Crippen molar-refractivity contribution in [3.8, 4) is 0 Å². The predicted octanol–water partition coefficient (Wildman–Crippen LogP) is 1.92. The molecule has 2 heterocycles. The van der Waals surface area contributed by atoms with Crippen LogP contribution < -0.4 is 5.32 Å². The van der Waals surface area contributed by atoms with E-state index in [0.29, 0.717) is 24.6 Å². The molecule has 1 aliphatic heterocycles. The Hall–Kier alpha value is -2.46. The summed E-state index contributed by atoms with van der Waals surface area (Å²) in [5.41, 5.74) is 1.08. The van der Waals surface area contributed by atoms with Crippen molar-refractivity contribution in [1.82, 2.24) is 9.88 Å². The molecule has 26 heavy (non-hydrogen) atoms. The number of fused-ring (bicyclic) bond motifs is 1. The van der Waals surface area contributed by atoms with E-state index in [1.54, 1.807) is 4.90 Å². The van der Waals surface area contributed by atoms with Gasteiger partial charge in [-0.1, -0.05) is 17.4 Å². The topological polar surface area (TPSA) is 106 Å². The number of nitrogens with zero attached hydrogens (tertiary/aromatic N) is 2. The van der Waals surface area contributed by atoms with Gasteiger partial charge in [0.05, 0.1) is 24.2 Å². The number of hydrogen-bond donors (Lipinski definition) is 1. The molecule has 0 saturated carbocycles. The smallest absolute Gasteiger partial charge is 0.409 e. The minimum Gasteiger partial charge on any atom is -0.453 e. The van der Waals surface area contributed by atoms with Gasteiger partial charge in [-0.05, 0) is 18.2 Å². The highest BCUT2D eigenvalue weighted by Gasteiger charge is 2.25. The number of anilines is 1. The summed E-state index contributed by atoms with van der Waals surface area (Å²) in [6.07, 6.45) is 1.28. The summed E-state index contributed by atoms with van der Waals surface area (Å²) in [7, 11) is -2.06. The average molecular weight is 395 g/mol. The molecule has 0 saturated heterocycles. The monoisotopic (exact) mass is 395 g/mol. The summed E-state index contributed by atoms with van der Waals surface area (Å²) in [5.74, 6) is -0.438. The first-order chi connectivity index (χ1) is 12.3. The number of thiazole rings is 1. The highest BCUT2D eigenvalue weighted by Crippen LogP contribution is 2.29. The Labute approximate surface area is 154 Å². The Bertz CT molecular complexity index is 968. The molecule has 3 rings (SSSR count). The predicted molar refractivity (Wildman–Crippen MR) is 96.1 cm³/mol. The number of sulfone groups is 1. The van der Waals surface area contributed by atoms with E-state index in [1.165, 1.54) is 42.7 Å². The lowest BCUT2D eigenvalue weighted by molar-refractivity contribution is 0.102. The zero-order valence-corrected chi connectivity index (χ0v) is 15.8. The Balaban J connectivity index is 1.76. The molecule has 2 aromatic rings. The molecular formula is C16H17N3O5S2. The van der Waals surface area contributed by atoms with E-state index < -0.39 is 21.8 Å². The molecule has 0 unspecified atom stereocenters. The number of methoxy groups -OCH3 is 1. The largest absolute Gasteiger partial charge is 0.453 e. The van der Waals surface area contributed by atoms with E-state index in [0.717, 1.165) is 16.8 Å². The number of aromatic nitrogens is 1. The zero-order chi connectivity index (χ0) is 18.9. The second-order valence-corrected chi connectivity index (χ2v) is 8.88. The molecule has 1 N–H and O–H groups in total. The van der Waals surface area contributed by atoms with Crippen LogP contribution in [0.2, 0.25) is 0 Å². The van der Waals surface area contributed by atoms with Gasteiger partial charge in [0.1, 0.15) is 0 Å². The first kappa shape index (κ1) is 18.3. The summed E-state index contributed by atoms with van der Waals surface area (Å²) in [4.78, 5) is 31.0. The number of amides is 2. The van der Waals surface area contributed by atoms with Gasteiger partial charge < -0.3 is 9.64 Å². The first-order valence-corrected chi connectivity index (χ1v) is 10.4. The highest BCUT2D eigenvalue weighted by atomic mass is 32.2. The standard InChI is InChI=1S/C16H17N3O5S2/c1-24-16(21)19-7-6-12-13(9-19)25-15(17-12)18-14(20)10-4-3-5-11(8-10)26(2,22)23/h3-5,8H,6-7,9H2,1-2H3,(H,17,18,20). The fraction of sp³-hybridized carbons (Fsp3) is 0.312. The number of rotatable bonds is 3. The Morgan fingerprint density at radius 1 is 1.35 bits per heavy atom. The van der Waals surface area contributed by atoms with Gasteiger partial charge in [0.25, 0.3) is 5.91 Å². The van der Waals surface area contributed by atoms with E-state index in [2.05, 4.69) is 10.3 Å². The van der Waals surface area contributed by atoms with E-state index in [-0.39, 0.29) is 10.5 Å². The van der Waals surface area contributed by atoms with Gasteiger partial charge in [0, 0.05) is 29.7 Å². The Morgan fingerprint density at radius 3 is 2.81 bits per heavy atom. The van der Waals surface area contributed by atoms with Crippen molar-refractivity contribution in [2.45, 2.75) is 17.9 Å². The van der Waals surface area contributed by atoms with Crippen LogP contribution in [0.3, 0.4) is 0 Å². The maximum absolute atomic E-state index is 12.4. The van der Waals surface area contributed by atoms with Gasteiger partial charge in [-0.2, -0.15) is 0 Å². The molecular weight excluding hydrogens is 378 g/mol. The van der Waals surface area contributed by atoms with E-state index in [9.17, 15) is 18.0 Å². The molecule has 2 amide bonds. The van der Waals surface area contributed by atoms with Crippen LogP contribution >= 0.6 is 11.3 Å². The van der Waals surface area contributed by atoms with E-state index >= 15 is 0 Å². The molecule has 0 radical (unpaired) electrons. The number of benzene rings is 1. The van der Waals surface area contributed by atoms with Crippen molar-refractivity contribution >= 4 is 38.3 Å². The van der Waals surface area contributed by atoms with Gasteiger partial charge in [-0.15, -0.1) is 0 Å². The minimum absolute atomic E-state index is 0.0808. The quantitative estimate of drug-likeness (QED) is 0.851. The average Bonchev–Trinajstić information content (AvgIpc) is 3.01. The second-order valence-electron chi connectivity index (χ2n) is 5.78. The molecule has 0 aliphatic carbocycles. The van der Waals surface area contributed by atoms with Gasteiger partial charge in [-0.25, -0.2) is 18.2 Å². The number of carbonyl (C=O) groups is 2. The van der Waals surface area contributed by atoms with Crippen LogP contribution in [-0.4, -0.2) is 50.2 Å². The molecule has 10 heteroatoms. The number of carbonyl (C=O) groups excluding carboxylic acids is 2. The van der Waals surface area contributed by atoms with Crippen LogP contribution in [0.4, 0.5) is 9.93 Å². The lowest BCUT2D eigenvalue weighted by atomic mass is 10.2. The highest BCUT2D eigenvalue weighted by molar-refractivity contribution is 7.90. The zero-order valence-electron chi connectivity index (χ0n) is 14.2. The Morgan fingerprint density at radius 2 is 2.12 bits per heavy atom. The summed E-state index contributed by atoms with van der Waals surface area (Å²) >= 11 is 1.29. The molecule has 1 aromatic carbocycles. The van der Waals surface area contributed by atoms with E-state index in [4.69, 9.17) is 4.74 Å². The summed E-state index contributed by atoms with van der Waals surface area (Å²) in [5, 5.41) is 3.10. The molecule has 138 valence electrons. The van der Waals surface area contributed by atoms with Crippen LogP contribution in [0.25, 0.3) is 0 Å². The van der Waals surface area contributed by atoms with Gasteiger partial charge in [0.15, 0.2) is 15.0 Å². The van der Waals surface area contributed by atoms with Crippen molar-refractivity contribution in [2.75, 3.05) is 25.2 Å². The molecule has 0 spiro atoms. The van der Waals surface area contributed by atoms with Crippen molar-refractivity contribution in [3.05, 3.63) is 40.4 Å². The second kappa shape index (κ2) is 7.04. The van der Waals surface area contributed by atoms with Gasteiger partial charge in [-0.3, -0.25) is 10.1 Å². The molecule has 1 aromatic heterocycles. The molecule has 0 bridgehead atoms. The molecule has 0 fully saturated rings. The van der Waals surface area contributed by atoms with Crippen LogP contribution in [0.5, 0.6) is 0 Å². The van der Waals surface area contributed by atoms with E-state index in [1.807, 2.05) is 0 Å². The van der Waals surface area contributed by atoms with Crippen LogP contribution in [-0.2, 0) is 27.5 Å². The van der Waals surface area contributed by atoms with Gasteiger partial charge in [0.2, 0.25) is 0 Å². The van der Waals surface area contributed by atoms with Crippen LogP contribution in [0, 0.1) is 0 Å². The number of ether oxygens (including phenoxy) is 1. The minimum atomic E-state index is -3.39.